The van der Waals surface area contributed by atoms with Gasteiger partial charge in [0.25, 0.3) is 5.91 Å². The molecule has 0 atom stereocenters. The van der Waals surface area contributed by atoms with Gasteiger partial charge in [0.2, 0.25) is 0 Å². The molecule has 12 heteroatoms. The highest BCUT2D eigenvalue weighted by molar-refractivity contribution is 6.09. The minimum atomic E-state index is -4.70. The molecule has 0 aliphatic heterocycles. The SMILES string of the molecule is COC(=O)c1cc(OC)c(OC(F)F)cc1NC(=O)c1ccc(C(F)(F)F)nc1C. The second-order valence-electron chi connectivity index (χ2n) is 5.70. The van der Waals surface area contributed by atoms with E-state index in [9.17, 15) is 31.5 Å². The first-order chi connectivity index (χ1) is 14.0. The van der Waals surface area contributed by atoms with Crippen molar-refractivity contribution >= 4 is 17.6 Å². The van der Waals surface area contributed by atoms with E-state index >= 15 is 0 Å². The van der Waals surface area contributed by atoms with Gasteiger partial charge < -0.3 is 19.5 Å². The van der Waals surface area contributed by atoms with Crippen LogP contribution < -0.4 is 14.8 Å². The summed E-state index contributed by atoms with van der Waals surface area (Å²) >= 11 is 0. The summed E-state index contributed by atoms with van der Waals surface area (Å²) in [7, 11) is 2.19. The summed E-state index contributed by atoms with van der Waals surface area (Å²) in [6.45, 7) is -2.04. The summed E-state index contributed by atoms with van der Waals surface area (Å²) in [6, 6.07) is 3.43. The average Bonchev–Trinajstić information content (AvgIpc) is 2.66. The van der Waals surface area contributed by atoms with Crippen LogP contribution in [0.3, 0.4) is 0 Å². The van der Waals surface area contributed by atoms with Crippen molar-refractivity contribution in [2.24, 2.45) is 0 Å². The molecule has 0 bridgehead atoms. The van der Waals surface area contributed by atoms with Gasteiger partial charge in [-0.05, 0) is 19.1 Å². The largest absolute Gasteiger partial charge is 0.493 e. The van der Waals surface area contributed by atoms with E-state index < -0.39 is 36.1 Å². The summed E-state index contributed by atoms with van der Waals surface area (Å²) in [5, 5.41) is 2.26. The lowest BCUT2D eigenvalue weighted by atomic mass is 10.1. The van der Waals surface area contributed by atoms with Gasteiger partial charge in [-0.3, -0.25) is 4.79 Å². The van der Waals surface area contributed by atoms with E-state index in [0.29, 0.717) is 6.07 Å². The van der Waals surface area contributed by atoms with Crippen LogP contribution >= 0.6 is 0 Å². The Morgan fingerprint density at radius 1 is 1.07 bits per heavy atom. The molecule has 1 heterocycles. The molecule has 7 nitrogen and oxygen atoms in total. The van der Waals surface area contributed by atoms with Crippen LogP contribution in [0.4, 0.5) is 27.6 Å². The number of amides is 1. The number of benzene rings is 1. The van der Waals surface area contributed by atoms with Gasteiger partial charge in [0, 0.05) is 12.1 Å². The number of nitrogens with zero attached hydrogens (tertiary/aromatic N) is 1. The number of halogens is 5. The zero-order valence-electron chi connectivity index (χ0n) is 15.8. The standard InChI is InChI=1S/C18H15F5N2O5/c1-8-9(4-5-14(24-8)18(21,22)23)15(26)25-11-7-13(30-17(19)20)12(28-2)6-10(11)16(27)29-3/h4-7,17H,1-3H3,(H,25,26). The maximum atomic E-state index is 12.7. The maximum absolute atomic E-state index is 12.7. The van der Waals surface area contributed by atoms with Crippen LogP contribution in [0, 0.1) is 6.92 Å². The highest BCUT2D eigenvalue weighted by atomic mass is 19.4. The Morgan fingerprint density at radius 2 is 1.73 bits per heavy atom. The molecule has 0 aliphatic rings. The number of ether oxygens (including phenoxy) is 3. The zero-order valence-corrected chi connectivity index (χ0v) is 15.8. The van der Waals surface area contributed by atoms with Gasteiger partial charge >= 0.3 is 18.8 Å². The van der Waals surface area contributed by atoms with Crippen LogP contribution in [-0.4, -0.2) is 37.7 Å². The summed E-state index contributed by atoms with van der Waals surface area (Å²) < 4.78 is 77.3. The highest BCUT2D eigenvalue weighted by Gasteiger charge is 2.33. The fraction of sp³-hybridized carbons (Fsp3) is 0.278. The molecule has 0 aliphatic carbocycles. The summed E-state index contributed by atoms with van der Waals surface area (Å²) in [4.78, 5) is 27.9. The van der Waals surface area contributed by atoms with E-state index in [4.69, 9.17) is 4.74 Å². The first kappa shape index (κ1) is 22.8. The molecular weight excluding hydrogens is 419 g/mol. The summed E-state index contributed by atoms with van der Waals surface area (Å²) in [6.07, 6.45) is -4.70. The number of hydrogen-bond acceptors (Lipinski definition) is 6. The van der Waals surface area contributed by atoms with Gasteiger partial charge in [-0.15, -0.1) is 0 Å². The molecule has 0 spiro atoms. The molecular formula is C18H15F5N2O5. The average molecular weight is 434 g/mol. The molecule has 0 unspecified atom stereocenters. The molecule has 0 saturated carbocycles. The number of nitrogens with one attached hydrogen (secondary N) is 1. The van der Waals surface area contributed by atoms with Crippen molar-refractivity contribution in [3.63, 3.8) is 0 Å². The Bertz CT molecular complexity index is 963. The number of aromatic nitrogens is 1. The molecule has 2 rings (SSSR count). The number of methoxy groups -OCH3 is 2. The second-order valence-corrected chi connectivity index (χ2v) is 5.70. The lowest BCUT2D eigenvalue weighted by Crippen LogP contribution is -2.19. The van der Waals surface area contributed by atoms with Crippen molar-refractivity contribution in [3.05, 3.63) is 46.8 Å². The maximum Gasteiger partial charge on any atom is 0.433 e. The fourth-order valence-electron chi connectivity index (χ4n) is 2.44. The Balaban J connectivity index is 2.47. The number of alkyl halides is 5. The number of esters is 1. The summed E-state index contributed by atoms with van der Waals surface area (Å²) in [5.74, 6) is -2.60. The predicted molar refractivity (Wildman–Crippen MR) is 92.9 cm³/mol. The minimum absolute atomic E-state index is 0.231. The molecule has 1 N–H and O–H groups in total. The fourth-order valence-corrected chi connectivity index (χ4v) is 2.44. The predicted octanol–water partition coefficient (Wildman–Crippen LogP) is 4.06. The normalized spacial score (nSPS) is 11.2. The lowest BCUT2D eigenvalue weighted by Gasteiger charge is -2.16. The van der Waals surface area contributed by atoms with Crippen LogP contribution in [-0.2, 0) is 10.9 Å². The van der Waals surface area contributed by atoms with Crippen LogP contribution in [0.2, 0.25) is 0 Å². The monoisotopic (exact) mass is 434 g/mol. The number of hydrogen-bond donors (Lipinski definition) is 1. The van der Waals surface area contributed by atoms with Crippen molar-refractivity contribution in [2.45, 2.75) is 19.7 Å². The first-order valence-electron chi connectivity index (χ1n) is 8.09. The molecule has 30 heavy (non-hydrogen) atoms. The molecule has 0 radical (unpaired) electrons. The third-order valence-corrected chi connectivity index (χ3v) is 3.79. The topological polar surface area (TPSA) is 86.8 Å². The third kappa shape index (κ3) is 5.13. The highest BCUT2D eigenvalue weighted by Crippen LogP contribution is 2.35. The Kier molecular flexibility index (Phi) is 6.80. The first-order valence-corrected chi connectivity index (χ1v) is 8.09. The molecule has 2 aromatic rings. The third-order valence-electron chi connectivity index (χ3n) is 3.79. The number of carbonyl (C=O) groups is 2. The number of anilines is 1. The van der Waals surface area contributed by atoms with E-state index in [1.165, 1.54) is 6.92 Å². The van der Waals surface area contributed by atoms with Gasteiger partial charge in [-0.2, -0.15) is 22.0 Å². The Hall–Kier alpha value is -3.44. The summed E-state index contributed by atoms with van der Waals surface area (Å²) in [5.41, 5.74) is -2.21. The number of carbonyl (C=O) groups excluding carboxylic acids is 2. The molecule has 0 fully saturated rings. The molecule has 0 saturated heterocycles. The number of aryl methyl sites for hydroxylation is 1. The van der Waals surface area contributed by atoms with Crippen LogP contribution in [0.5, 0.6) is 11.5 Å². The van der Waals surface area contributed by atoms with Gasteiger partial charge in [-0.25, -0.2) is 9.78 Å². The van der Waals surface area contributed by atoms with E-state index in [-0.39, 0.29) is 28.3 Å². The van der Waals surface area contributed by atoms with E-state index in [0.717, 1.165) is 32.4 Å². The Morgan fingerprint density at radius 3 is 2.23 bits per heavy atom. The quantitative estimate of drug-likeness (QED) is 0.545. The smallest absolute Gasteiger partial charge is 0.433 e. The lowest BCUT2D eigenvalue weighted by molar-refractivity contribution is -0.141. The van der Waals surface area contributed by atoms with Crippen molar-refractivity contribution in [2.75, 3.05) is 19.5 Å². The zero-order chi connectivity index (χ0) is 22.6. The minimum Gasteiger partial charge on any atom is -0.493 e. The van der Waals surface area contributed by atoms with Gasteiger partial charge in [0.15, 0.2) is 11.5 Å². The van der Waals surface area contributed by atoms with Crippen molar-refractivity contribution in [1.29, 1.82) is 0 Å². The molecule has 1 aromatic carbocycles. The van der Waals surface area contributed by atoms with Crippen molar-refractivity contribution in [3.8, 4) is 11.5 Å². The molecule has 162 valence electrons. The number of pyridine rings is 1. The Labute approximate surface area is 166 Å². The molecule has 1 aromatic heterocycles. The molecule has 1 amide bonds. The van der Waals surface area contributed by atoms with Crippen LogP contribution in [0.1, 0.15) is 32.1 Å². The van der Waals surface area contributed by atoms with Gasteiger partial charge in [0.05, 0.1) is 36.7 Å². The van der Waals surface area contributed by atoms with Gasteiger partial charge in [-0.1, -0.05) is 0 Å². The van der Waals surface area contributed by atoms with Crippen molar-refractivity contribution < 1.29 is 45.8 Å². The van der Waals surface area contributed by atoms with E-state index in [1.54, 1.807) is 0 Å². The van der Waals surface area contributed by atoms with E-state index in [1.807, 2.05) is 0 Å². The van der Waals surface area contributed by atoms with Crippen LogP contribution in [0.15, 0.2) is 24.3 Å². The van der Waals surface area contributed by atoms with E-state index in [2.05, 4.69) is 19.8 Å². The number of rotatable bonds is 6. The van der Waals surface area contributed by atoms with Crippen molar-refractivity contribution in [1.82, 2.24) is 4.98 Å². The second kappa shape index (κ2) is 8.93. The van der Waals surface area contributed by atoms with Crippen LogP contribution in [0.25, 0.3) is 0 Å². The van der Waals surface area contributed by atoms with Gasteiger partial charge in [0.1, 0.15) is 5.69 Å².